The first kappa shape index (κ1) is 21.1. The lowest BCUT2D eigenvalue weighted by Crippen LogP contribution is -1.86. The zero-order valence-corrected chi connectivity index (χ0v) is 15.7. The van der Waals surface area contributed by atoms with E-state index in [0.717, 1.165) is 37.7 Å². The van der Waals surface area contributed by atoms with Crippen LogP contribution in [0.4, 0.5) is 0 Å². The Kier molecular flexibility index (Phi) is 12.1. The third kappa shape index (κ3) is 12.1. The van der Waals surface area contributed by atoms with E-state index in [-0.39, 0.29) is 11.5 Å². The van der Waals surface area contributed by atoms with E-state index in [1.807, 2.05) is 0 Å². The summed E-state index contributed by atoms with van der Waals surface area (Å²) in [6.07, 6.45) is 24.8. The largest absolute Gasteiger partial charge is 0.508 e. The number of aryl methyl sites for hydroxylation is 1. The van der Waals surface area contributed by atoms with Crippen LogP contribution in [0.1, 0.15) is 70.3 Å². The Bertz CT molecular complexity index is 521. The Morgan fingerprint density at radius 2 is 1.24 bits per heavy atom. The average molecular weight is 343 g/mol. The summed E-state index contributed by atoms with van der Waals surface area (Å²) >= 11 is 0. The van der Waals surface area contributed by atoms with Gasteiger partial charge in [-0.25, -0.2) is 0 Å². The van der Waals surface area contributed by atoms with Gasteiger partial charge in [0.05, 0.1) is 0 Å². The number of aromatic hydroxyl groups is 2. The fourth-order valence-corrected chi connectivity index (χ4v) is 2.75. The Morgan fingerprint density at radius 1 is 0.680 bits per heavy atom. The highest BCUT2D eigenvalue weighted by molar-refractivity contribution is 5.36. The number of benzene rings is 1. The van der Waals surface area contributed by atoms with Crippen LogP contribution in [0.15, 0.2) is 54.7 Å². The summed E-state index contributed by atoms with van der Waals surface area (Å²) in [5.74, 6) is 0.295. The maximum atomic E-state index is 9.45. The van der Waals surface area contributed by atoms with Gasteiger partial charge in [-0.15, -0.1) is 0 Å². The molecule has 0 fully saturated rings. The Balaban J connectivity index is 1.94. The smallest absolute Gasteiger partial charge is 0.119 e. The molecule has 25 heavy (non-hydrogen) atoms. The Labute approximate surface area is 153 Å². The number of phenols is 2. The third-order valence-electron chi connectivity index (χ3n) is 4.08. The molecular formula is C23H34O2. The van der Waals surface area contributed by atoms with Crippen molar-refractivity contribution in [2.75, 3.05) is 0 Å². The second-order valence-corrected chi connectivity index (χ2v) is 6.46. The van der Waals surface area contributed by atoms with E-state index >= 15 is 0 Å². The van der Waals surface area contributed by atoms with Gasteiger partial charge in [0, 0.05) is 6.07 Å². The van der Waals surface area contributed by atoms with Crippen molar-refractivity contribution < 1.29 is 10.2 Å². The molecule has 0 aromatic heterocycles. The first-order valence-electron chi connectivity index (χ1n) is 9.69. The topological polar surface area (TPSA) is 40.5 Å². The highest BCUT2D eigenvalue weighted by atomic mass is 16.3. The van der Waals surface area contributed by atoms with Gasteiger partial charge in [0.15, 0.2) is 0 Å². The first-order chi connectivity index (χ1) is 12.2. The number of hydrogen-bond donors (Lipinski definition) is 2. The Hall–Kier alpha value is -1.96. The van der Waals surface area contributed by atoms with Crippen LogP contribution in [-0.2, 0) is 6.42 Å². The van der Waals surface area contributed by atoms with Gasteiger partial charge in [0.25, 0.3) is 0 Å². The van der Waals surface area contributed by atoms with Crippen LogP contribution in [0.5, 0.6) is 11.5 Å². The van der Waals surface area contributed by atoms with Gasteiger partial charge < -0.3 is 10.2 Å². The van der Waals surface area contributed by atoms with Crippen LogP contribution in [0.2, 0.25) is 0 Å². The second-order valence-electron chi connectivity index (χ2n) is 6.46. The summed E-state index contributed by atoms with van der Waals surface area (Å²) in [7, 11) is 0. The summed E-state index contributed by atoms with van der Waals surface area (Å²) in [5.41, 5.74) is 1.01. The fraction of sp³-hybridized carbons (Fsp3) is 0.478. The quantitative estimate of drug-likeness (QED) is 0.304. The molecule has 0 heterocycles. The van der Waals surface area contributed by atoms with E-state index in [0.29, 0.717) is 0 Å². The van der Waals surface area contributed by atoms with E-state index < -0.39 is 0 Å². The summed E-state index contributed by atoms with van der Waals surface area (Å²) < 4.78 is 0. The predicted molar refractivity (Wildman–Crippen MR) is 108 cm³/mol. The SMILES string of the molecule is CC/C=C\C/C=C\C/C=C\CCCCCCCc1cc(O)cc(O)c1. The molecule has 0 atom stereocenters. The summed E-state index contributed by atoms with van der Waals surface area (Å²) in [6, 6.07) is 4.84. The zero-order valence-electron chi connectivity index (χ0n) is 15.7. The minimum Gasteiger partial charge on any atom is -0.508 e. The molecule has 2 N–H and O–H groups in total. The van der Waals surface area contributed by atoms with Gasteiger partial charge in [0.1, 0.15) is 11.5 Å². The van der Waals surface area contributed by atoms with E-state index in [1.165, 1.54) is 38.2 Å². The van der Waals surface area contributed by atoms with Crippen LogP contribution in [0.25, 0.3) is 0 Å². The molecule has 1 aromatic carbocycles. The fourth-order valence-electron chi connectivity index (χ4n) is 2.75. The molecule has 0 radical (unpaired) electrons. The molecule has 0 spiro atoms. The predicted octanol–water partition coefficient (Wildman–Crippen LogP) is 6.84. The van der Waals surface area contributed by atoms with Crippen molar-refractivity contribution >= 4 is 0 Å². The number of phenolic OH excluding ortho intramolecular Hbond substituents is 2. The first-order valence-corrected chi connectivity index (χ1v) is 9.69. The monoisotopic (exact) mass is 342 g/mol. The molecular weight excluding hydrogens is 308 g/mol. The molecule has 0 aliphatic carbocycles. The van der Waals surface area contributed by atoms with Gasteiger partial charge >= 0.3 is 0 Å². The maximum absolute atomic E-state index is 9.45. The normalized spacial score (nSPS) is 12.0. The molecule has 1 aromatic rings. The molecule has 0 saturated carbocycles. The molecule has 1 rings (SSSR count). The van der Waals surface area contributed by atoms with E-state index in [4.69, 9.17) is 0 Å². The summed E-state index contributed by atoms with van der Waals surface area (Å²) in [5, 5.41) is 18.9. The molecule has 0 amide bonds. The molecule has 0 unspecified atom stereocenters. The summed E-state index contributed by atoms with van der Waals surface area (Å²) in [4.78, 5) is 0. The Morgan fingerprint density at radius 3 is 1.92 bits per heavy atom. The third-order valence-corrected chi connectivity index (χ3v) is 4.08. The van der Waals surface area contributed by atoms with Crippen LogP contribution < -0.4 is 0 Å². The van der Waals surface area contributed by atoms with Gasteiger partial charge in [-0.05, 0) is 62.6 Å². The summed E-state index contributed by atoms with van der Waals surface area (Å²) in [6.45, 7) is 2.16. The molecule has 138 valence electrons. The van der Waals surface area contributed by atoms with Crippen LogP contribution >= 0.6 is 0 Å². The van der Waals surface area contributed by atoms with Crippen molar-refractivity contribution in [3.8, 4) is 11.5 Å². The van der Waals surface area contributed by atoms with Crippen LogP contribution in [0, 0.1) is 0 Å². The minimum atomic E-state index is 0.147. The minimum absolute atomic E-state index is 0.147. The number of hydrogen-bond acceptors (Lipinski definition) is 2. The zero-order chi connectivity index (χ0) is 18.2. The lowest BCUT2D eigenvalue weighted by atomic mass is 10.0. The van der Waals surface area contributed by atoms with Crippen molar-refractivity contribution in [2.24, 2.45) is 0 Å². The lowest BCUT2D eigenvalue weighted by molar-refractivity contribution is 0.449. The molecule has 2 nitrogen and oxygen atoms in total. The molecule has 0 bridgehead atoms. The molecule has 2 heteroatoms. The number of allylic oxidation sites excluding steroid dienone is 6. The average Bonchev–Trinajstić information content (AvgIpc) is 2.57. The van der Waals surface area contributed by atoms with Crippen molar-refractivity contribution in [3.63, 3.8) is 0 Å². The van der Waals surface area contributed by atoms with E-state index in [2.05, 4.69) is 43.4 Å². The number of unbranched alkanes of at least 4 members (excludes halogenated alkanes) is 5. The highest BCUT2D eigenvalue weighted by Gasteiger charge is 1.99. The van der Waals surface area contributed by atoms with E-state index in [9.17, 15) is 10.2 Å². The number of rotatable bonds is 13. The lowest BCUT2D eigenvalue weighted by Gasteiger charge is -2.04. The van der Waals surface area contributed by atoms with Crippen molar-refractivity contribution in [1.29, 1.82) is 0 Å². The van der Waals surface area contributed by atoms with Gasteiger partial charge in [-0.3, -0.25) is 0 Å². The van der Waals surface area contributed by atoms with Gasteiger partial charge in [-0.2, -0.15) is 0 Å². The van der Waals surface area contributed by atoms with Crippen molar-refractivity contribution in [1.82, 2.24) is 0 Å². The molecule has 0 aliphatic rings. The van der Waals surface area contributed by atoms with Gasteiger partial charge in [0.2, 0.25) is 0 Å². The maximum Gasteiger partial charge on any atom is 0.119 e. The molecule has 0 saturated heterocycles. The highest BCUT2D eigenvalue weighted by Crippen LogP contribution is 2.22. The van der Waals surface area contributed by atoms with Crippen LogP contribution in [0.3, 0.4) is 0 Å². The second kappa shape index (κ2) is 14.4. The van der Waals surface area contributed by atoms with E-state index in [1.54, 1.807) is 12.1 Å². The molecule has 0 aliphatic heterocycles. The standard InChI is InChI=1S/C23H34O2/c1-2-3-4-5-6-7-8-9-10-11-12-13-14-15-16-17-21-18-22(24)20-23(25)19-21/h3-4,6-7,9-10,18-20,24-25H,2,5,8,11-17H2,1H3/b4-3-,7-6-,10-9-. The van der Waals surface area contributed by atoms with Crippen LogP contribution in [-0.4, -0.2) is 10.2 Å². The van der Waals surface area contributed by atoms with Crippen molar-refractivity contribution in [3.05, 3.63) is 60.2 Å². The van der Waals surface area contributed by atoms with Gasteiger partial charge in [-0.1, -0.05) is 62.6 Å². The van der Waals surface area contributed by atoms with Crippen molar-refractivity contribution in [2.45, 2.75) is 71.1 Å².